The summed E-state index contributed by atoms with van der Waals surface area (Å²) in [5.41, 5.74) is 10.6. The van der Waals surface area contributed by atoms with Gasteiger partial charge in [0, 0.05) is 26.4 Å². The number of hydrogen-bond acceptors (Lipinski definition) is 4. The Morgan fingerprint density at radius 2 is 1.00 bits per heavy atom. The molecule has 8 nitrogen and oxygen atoms in total. The minimum atomic E-state index is -3.59. The molecule has 2 unspecified atom stereocenters. The third-order valence-electron chi connectivity index (χ3n) is 4.47. The van der Waals surface area contributed by atoms with Gasteiger partial charge in [0.05, 0.1) is 10.3 Å². The first kappa shape index (κ1) is 25.2. The number of ether oxygens (including phenoxy) is 2. The van der Waals surface area contributed by atoms with Crippen LogP contribution >= 0.6 is 15.0 Å². The van der Waals surface area contributed by atoms with Crippen molar-refractivity contribution in [1.82, 2.24) is 0 Å². The van der Waals surface area contributed by atoms with E-state index >= 15 is 0 Å². The minimum Gasteiger partial charge on any atom is -0.381 e. The van der Waals surface area contributed by atoms with Crippen LogP contribution in [0, 0.1) is 0 Å². The number of nitrogens with two attached hydrogens (primary N) is 2. The van der Waals surface area contributed by atoms with Crippen LogP contribution in [-0.4, -0.2) is 46.5 Å². The molecular formula is C15H36N2O6P2. The first-order valence-electron chi connectivity index (χ1n) is 8.59. The minimum absolute atomic E-state index is 0.514. The van der Waals surface area contributed by atoms with Crippen LogP contribution in [0.3, 0.4) is 0 Å². The van der Waals surface area contributed by atoms with E-state index in [0.717, 1.165) is 6.42 Å². The molecule has 10 heteroatoms. The molecule has 0 aromatic rings. The van der Waals surface area contributed by atoms with Crippen molar-refractivity contribution >= 4 is 15.0 Å². The lowest BCUT2D eigenvalue weighted by Gasteiger charge is -2.26. The van der Waals surface area contributed by atoms with Gasteiger partial charge in [-0.2, -0.15) is 0 Å². The van der Waals surface area contributed by atoms with Crippen LogP contribution in [-0.2, 0) is 18.6 Å². The average molecular weight is 402 g/mol. The van der Waals surface area contributed by atoms with Gasteiger partial charge >= 0.3 is 0 Å². The molecule has 6 N–H and O–H groups in total. The molecule has 0 aliphatic carbocycles. The van der Waals surface area contributed by atoms with Gasteiger partial charge in [0.2, 0.25) is 0 Å². The van der Waals surface area contributed by atoms with Crippen LogP contribution in [0.15, 0.2) is 0 Å². The first-order valence-corrected chi connectivity index (χ1v) is 12.0. The highest BCUT2D eigenvalue weighted by Crippen LogP contribution is 2.49. The summed E-state index contributed by atoms with van der Waals surface area (Å²) in [7, 11) is -7.17. The maximum absolute atomic E-state index is 11.5. The van der Waals surface area contributed by atoms with Crippen LogP contribution < -0.4 is 11.0 Å². The summed E-state index contributed by atoms with van der Waals surface area (Å²) in [6, 6.07) is 0. The predicted octanol–water partition coefficient (Wildman–Crippen LogP) is 2.82. The summed E-state index contributed by atoms with van der Waals surface area (Å²) in [5, 5.41) is -1.59. The van der Waals surface area contributed by atoms with Gasteiger partial charge in [0.1, 0.15) is 0 Å². The molecule has 0 spiro atoms. The van der Waals surface area contributed by atoms with Crippen molar-refractivity contribution in [1.29, 1.82) is 0 Å². The van der Waals surface area contributed by atoms with Gasteiger partial charge in [-0.3, -0.25) is 20.1 Å². The summed E-state index contributed by atoms with van der Waals surface area (Å²) >= 11 is 0. The summed E-state index contributed by atoms with van der Waals surface area (Å²) in [6.07, 6.45) is 3.15. The summed E-state index contributed by atoms with van der Waals surface area (Å²) in [5.74, 6) is 0. The Morgan fingerprint density at radius 3 is 1.28 bits per heavy atom. The zero-order valence-electron chi connectivity index (χ0n) is 15.9. The largest absolute Gasteiger partial charge is 0.381 e. The second-order valence-corrected chi connectivity index (χ2v) is 12.6. The van der Waals surface area contributed by atoms with Crippen LogP contribution in [0.2, 0.25) is 0 Å². The zero-order valence-corrected chi connectivity index (χ0v) is 17.7. The second-order valence-electron chi connectivity index (χ2n) is 7.66. The fourth-order valence-electron chi connectivity index (χ4n) is 2.00. The van der Waals surface area contributed by atoms with Gasteiger partial charge in [-0.25, -0.2) is 0 Å². The van der Waals surface area contributed by atoms with E-state index < -0.39 is 25.4 Å². The molecule has 0 saturated carbocycles. The van der Waals surface area contributed by atoms with Gasteiger partial charge in [-0.05, 0) is 59.8 Å². The van der Waals surface area contributed by atoms with Gasteiger partial charge < -0.3 is 19.3 Å². The Morgan fingerprint density at radius 1 is 0.720 bits per heavy atom. The summed E-state index contributed by atoms with van der Waals surface area (Å²) in [4.78, 5) is 18.8. The van der Waals surface area contributed by atoms with Gasteiger partial charge in [-0.1, -0.05) is 0 Å². The smallest absolute Gasteiger partial charge is 0.270 e. The molecule has 0 aliphatic rings. The molecule has 0 aromatic heterocycles. The highest BCUT2D eigenvalue weighted by Gasteiger charge is 2.35. The Balaban J connectivity index is 3.58. The lowest BCUT2D eigenvalue weighted by molar-refractivity contribution is 0.0784. The van der Waals surface area contributed by atoms with E-state index in [-0.39, 0.29) is 0 Å². The van der Waals surface area contributed by atoms with Crippen molar-refractivity contribution in [2.24, 2.45) is 11.0 Å². The van der Waals surface area contributed by atoms with E-state index in [1.54, 1.807) is 27.7 Å². The monoisotopic (exact) mass is 402 g/mol. The maximum atomic E-state index is 11.5. The highest BCUT2D eigenvalue weighted by atomic mass is 31.2. The average Bonchev–Trinajstić information content (AvgIpc) is 2.42. The molecule has 0 bridgehead atoms. The lowest BCUT2D eigenvalue weighted by atomic mass is 10.1. The molecule has 152 valence electrons. The van der Waals surface area contributed by atoms with Gasteiger partial charge in [0.25, 0.3) is 15.0 Å². The SMILES string of the molecule is CC(C)(CCCOCCCOCCCC(C)(C)P(N)(=O)O)P(N)(=O)O. The van der Waals surface area contributed by atoms with Crippen LogP contribution in [0.25, 0.3) is 0 Å². The van der Waals surface area contributed by atoms with Crippen LogP contribution in [0.1, 0.15) is 59.8 Å². The van der Waals surface area contributed by atoms with Gasteiger partial charge in [0.15, 0.2) is 0 Å². The lowest BCUT2D eigenvalue weighted by Crippen LogP contribution is -2.25. The Hall–Kier alpha value is 0.220. The maximum Gasteiger partial charge on any atom is 0.270 e. The summed E-state index contributed by atoms with van der Waals surface area (Å²) in [6.45, 7) is 8.87. The quantitative estimate of drug-likeness (QED) is 0.256. The van der Waals surface area contributed by atoms with Crippen molar-refractivity contribution in [2.75, 3.05) is 26.4 Å². The standard InChI is InChI=1S/C15H36N2O6P2/c1-14(2,24(16,18)19)8-5-10-22-12-7-13-23-11-6-9-15(3,4)25(17,20)21/h5-13H2,1-4H3,(H3,16,18,19)(H3,17,20,21). The Kier molecular flexibility index (Phi) is 10.6. The molecule has 0 amide bonds. The first-order chi connectivity index (χ1) is 11.2. The third-order valence-corrected chi connectivity index (χ3v) is 8.38. The van der Waals surface area contributed by atoms with E-state index in [9.17, 15) is 18.9 Å². The molecule has 0 aromatic carbocycles. The molecule has 25 heavy (non-hydrogen) atoms. The Bertz CT molecular complexity index is 431. The van der Waals surface area contributed by atoms with Crippen molar-refractivity contribution in [3.8, 4) is 0 Å². The van der Waals surface area contributed by atoms with E-state index in [2.05, 4.69) is 0 Å². The molecular weight excluding hydrogens is 366 g/mol. The molecule has 0 saturated heterocycles. The summed E-state index contributed by atoms with van der Waals surface area (Å²) < 4.78 is 33.9. The Labute approximate surface area is 151 Å². The van der Waals surface area contributed by atoms with Crippen LogP contribution in [0.4, 0.5) is 0 Å². The van der Waals surface area contributed by atoms with E-state index in [4.69, 9.17) is 20.5 Å². The van der Waals surface area contributed by atoms with Crippen molar-refractivity contribution in [2.45, 2.75) is 70.1 Å². The number of rotatable bonds is 14. The topological polar surface area (TPSA) is 145 Å². The molecule has 0 heterocycles. The van der Waals surface area contributed by atoms with Crippen molar-refractivity contribution in [3.05, 3.63) is 0 Å². The van der Waals surface area contributed by atoms with Crippen molar-refractivity contribution in [3.63, 3.8) is 0 Å². The van der Waals surface area contributed by atoms with Crippen LogP contribution in [0.5, 0.6) is 0 Å². The number of hydrogen-bond donors (Lipinski definition) is 4. The fourth-order valence-corrected chi connectivity index (χ4v) is 2.96. The molecule has 0 rings (SSSR count). The highest BCUT2D eigenvalue weighted by molar-refractivity contribution is 7.57. The predicted molar refractivity (Wildman–Crippen MR) is 101 cm³/mol. The molecule has 0 radical (unpaired) electrons. The van der Waals surface area contributed by atoms with Gasteiger partial charge in [-0.15, -0.1) is 0 Å². The molecule has 2 atom stereocenters. The molecule has 0 aliphatic heterocycles. The second kappa shape index (κ2) is 10.5. The van der Waals surface area contributed by atoms with E-state index in [1.165, 1.54) is 0 Å². The normalized spacial score (nSPS) is 17.9. The van der Waals surface area contributed by atoms with Crippen molar-refractivity contribution < 1.29 is 28.4 Å². The molecule has 0 fully saturated rings. The third kappa shape index (κ3) is 10.2. The van der Waals surface area contributed by atoms with E-state index in [0.29, 0.717) is 52.1 Å². The van der Waals surface area contributed by atoms with E-state index in [1.807, 2.05) is 0 Å². The fraction of sp³-hybridized carbons (Fsp3) is 1.00. The zero-order chi connectivity index (χ0) is 19.8.